The van der Waals surface area contributed by atoms with E-state index in [0.717, 1.165) is 0 Å². The lowest BCUT2D eigenvalue weighted by Gasteiger charge is -2.35. The molecule has 1 heterocycles. The maximum absolute atomic E-state index is 13.3. The van der Waals surface area contributed by atoms with E-state index in [1.165, 1.54) is 49.4 Å². The number of nitrogens with two attached hydrogens (primary N) is 1. The van der Waals surface area contributed by atoms with E-state index in [1.807, 2.05) is 0 Å². The molecule has 12 nitrogen and oxygen atoms in total. The van der Waals surface area contributed by atoms with Crippen LogP contribution in [0.2, 0.25) is 0 Å². The first-order chi connectivity index (χ1) is 17.2. The average Bonchev–Trinajstić information content (AvgIpc) is 2.88. The molecule has 0 aliphatic carbocycles. The van der Waals surface area contributed by atoms with E-state index in [0.29, 0.717) is 16.8 Å². The number of nitrogens with one attached hydrogen (secondary N) is 3. The third-order valence-corrected chi connectivity index (χ3v) is 5.58. The molecule has 12 heteroatoms. The summed E-state index contributed by atoms with van der Waals surface area (Å²) in [5.41, 5.74) is 6.85. The summed E-state index contributed by atoms with van der Waals surface area (Å²) in [5, 5.41) is 23.0. The second kappa shape index (κ2) is 11.4. The van der Waals surface area contributed by atoms with Crippen LogP contribution in [0.25, 0.3) is 0 Å². The molecule has 3 amide bonds. The van der Waals surface area contributed by atoms with Gasteiger partial charge in [0, 0.05) is 24.8 Å². The number of morpholine rings is 1. The number of nitrogen functional groups attached to an aromatic ring is 1. The van der Waals surface area contributed by atoms with Crippen molar-refractivity contribution < 1.29 is 33.8 Å². The summed E-state index contributed by atoms with van der Waals surface area (Å²) in [6, 6.07) is 10.7. The number of rotatable bonds is 8. The van der Waals surface area contributed by atoms with Crippen LogP contribution in [0, 0.1) is 5.41 Å². The number of esters is 1. The van der Waals surface area contributed by atoms with Crippen LogP contribution < -0.4 is 21.3 Å². The summed E-state index contributed by atoms with van der Waals surface area (Å²) in [6.45, 7) is 0.0460. The minimum absolute atomic E-state index is 0.0114. The minimum atomic E-state index is -1.85. The van der Waals surface area contributed by atoms with Crippen LogP contribution in [-0.4, -0.2) is 74.2 Å². The predicted molar refractivity (Wildman–Crippen MR) is 130 cm³/mol. The lowest BCUT2D eigenvalue weighted by atomic mass is 9.99. The van der Waals surface area contributed by atoms with Crippen molar-refractivity contribution in [2.24, 2.45) is 5.73 Å². The van der Waals surface area contributed by atoms with Crippen molar-refractivity contribution in [3.63, 3.8) is 0 Å². The zero-order valence-electron chi connectivity index (χ0n) is 19.7. The van der Waals surface area contributed by atoms with Crippen molar-refractivity contribution in [1.29, 1.82) is 5.41 Å². The third kappa shape index (κ3) is 5.67. The van der Waals surface area contributed by atoms with Gasteiger partial charge in [-0.05, 0) is 35.9 Å². The summed E-state index contributed by atoms with van der Waals surface area (Å²) < 4.78 is 10.1. The molecule has 0 bridgehead atoms. The topological polar surface area (TPSA) is 184 Å². The maximum Gasteiger partial charge on any atom is 0.310 e. The summed E-state index contributed by atoms with van der Waals surface area (Å²) in [6.07, 6.45) is -3.57. The summed E-state index contributed by atoms with van der Waals surface area (Å²) in [4.78, 5) is 51.8. The van der Waals surface area contributed by atoms with Crippen LogP contribution in [-0.2, 0) is 30.3 Å². The Hall–Kier alpha value is -4.29. The van der Waals surface area contributed by atoms with Gasteiger partial charge in [-0.25, -0.2) is 0 Å². The molecule has 1 aliphatic rings. The molecule has 1 aliphatic heterocycles. The third-order valence-electron chi connectivity index (χ3n) is 5.58. The van der Waals surface area contributed by atoms with E-state index in [9.17, 15) is 24.3 Å². The Bertz CT molecular complexity index is 1180. The summed E-state index contributed by atoms with van der Waals surface area (Å²) in [5.74, 6) is -2.83. The van der Waals surface area contributed by atoms with Gasteiger partial charge in [-0.15, -0.1) is 0 Å². The second-order valence-electron chi connectivity index (χ2n) is 7.85. The Kier molecular flexibility index (Phi) is 8.35. The molecular weight excluding hydrogens is 470 g/mol. The highest BCUT2D eigenvalue weighted by atomic mass is 16.5. The van der Waals surface area contributed by atoms with E-state index < -0.39 is 35.9 Å². The number of aliphatic hydroxyl groups is 1. The zero-order chi connectivity index (χ0) is 26.4. The number of ether oxygens (including phenoxy) is 2. The zero-order valence-corrected chi connectivity index (χ0v) is 19.7. The van der Waals surface area contributed by atoms with Crippen LogP contribution in [0.4, 0.5) is 11.4 Å². The van der Waals surface area contributed by atoms with Gasteiger partial charge in [0.25, 0.3) is 17.7 Å². The molecule has 0 unspecified atom stereocenters. The number of amidine groups is 1. The molecule has 2 aromatic rings. The maximum atomic E-state index is 13.3. The molecule has 3 rings (SSSR count). The molecule has 36 heavy (non-hydrogen) atoms. The van der Waals surface area contributed by atoms with E-state index >= 15 is 0 Å². The number of benzene rings is 2. The lowest BCUT2D eigenvalue weighted by molar-refractivity contribution is -0.150. The van der Waals surface area contributed by atoms with Crippen LogP contribution in [0.1, 0.15) is 21.5 Å². The number of hydrogen-bond acceptors (Lipinski definition) is 8. The molecule has 0 radical (unpaired) electrons. The van der Waals surface area contributed by atoms with Crippen molar-refractivity contribution in [2.75, 3.05) is 37.5 Å². The van der Waals surface area contributed by atoms with Crippen LogP contribution in [0.3, 0.4) is 0 Å². The van der Waals surface area contributed by atoms with Crippen molar-refractivity contribution in [3.8, 4) is 0 Å². The first-order valence-corrected chi connectivity index (χ1v) is 10.9. The number of carbonyl (C=O) groups excluding carboxylic acids is 4. The molecular formula is C24H27N5O7. The van der Waals surface area contributed by atoms with Gasteiger partial charge >= 0.3 is 5.97 Å². The fourth-order valence-electron chi connectivity index (χ4n) is 3.73. The van der Waals surface area contributed by atoms with Crippen LogP contribution >= 0.6 is 0 Å². The van der Waals surface area contributed by atoms with Gasteiger partial charge in [-0.3, -0.25) is 24.6 Å². The fourth-order valence-corrected chi connectivity index (χ4v) is 3.73. The van der Waals surface area contributed by atoms with Gasteiger partial charge in [0.15, 0.2) is 12.2 Å². The number of methoxy groups -OCH3 is 1. The van der Waals surface area contributed by atoms with Gasteiger partial charge < -0.3 is 35.8 Å². The molecule has 2 aromatic carbocycles. The standard InChI is InChI=1S/C24H27N5O7/c1-27-22(32)18-14(12-17(30)35-2)4-3-5-16(18)29-10-11-36-20(24(29)34)19(31)23(33)28-15-8-6-13(7-9-15)21(25)26/h3-9,19-20,31H,10-12H2,1-2H3,(H3,25,26)(H,27,32)(H,28,33)/t19-,20-/m1/s1. The van der Waals surface area contributed by atoms with E-state index in [1.54, 1.807) is 12.1 Å². The Morgan fingerprint density at radius 3 is 2.56 bits per heavy atom. The van der Waals surface area contributed by atoms with Crippen molar-refractivity contribution in [1.82, 2.24) is 5.32 Å². The van der Waals surface area contributed by atoms with E-state index in [-0.39, 0.29) is 36.7 Å². The predicted octanol–water partition coefficient (Wildman–Crippen LogP) is -0.223. The molecule has 1 saturated heterocycles. The summed E-state index contributed by atoms with van der Waals surface area (Å²) >= 11 is 0. The molecule has 190 valence electrons. The quantitative estimate of drug-likeness (QED) is 0.188. The van der Waals surface area contributed by atoms with E-state index in [4.69, 9.17) is 20.6 Å². The number of hydrogen-bond donors (Lipinski definition) is 5. The number of carbonyl (C=O) groups is 4. The number of amides is 3. The molecule has 0 aromatic heterocycles. The molecule has 0 saturated carbocycles. The first kappa shape index (κ1) is 26.3. The number of aliphatic hydroxyl groups excluding tert-OH is 1. The van der Waals surface area contributed by atoms with Crippen LogP contribution in [0.5, 0.6) is 0 Å². The lowest BCUT2D eigenvalue weighted by Crippen LogP contribution is -2.55. The Morgan fingerprint density at radius 1 is 1.25 bits per heavy atom. The van der Waals surface area contributed by atoms with Crippen molar-refractivity contribution in [3.05, 3.63) is 59.2 Å². The summed E-state index contributed by atoms with van der Waals surface area (Å²) in [7, 11) is 2.65. The van der Waals surface area contributed by atoms with Gasteiger partial charge in [0.2, 0.25) is 0 Å². The normalized spacial score (nSPS) is 16.1. The molecule has 2 atom stereocenters. The molecule has 6 N–H and O–H groups in total. The monoisotopic (exact) mass is 497 g/mol. The Balaban J connectivity index is 1.84. The SMILES string of the molecule is CNC(=O)c1c(CC(=O)OC)cccc1N1CCO[C@H]([C@@H](O)C(=O)Nc2ccc(C(=N)N)cc2)C1=O. The smallest absolute Gasteiger partial charge is 0.310 e. The number of nitrogens with zero attached hydrogens (tertiary/aromatic N) is 1. The van der Waals surface area contributed by atoms with Gasteiger partial charge in [-0.2, -0.15) is 0 Å². The number of anilines is 2. The minimum Gasteiger partial charge on any atom is -0.469 e. The Labute approximate surface area is 206 Å². The highest BCUT2D eigenvalue weighted by Crippen LogP contribution is 2.28. The first-order valence-electron chi connectivity index (χ1n) is 10.9. The van der Waals surface area contributed by atoms with Crippen molar-refractivity contribution in [2.45, 2.75) is 18.6 Å². The largest absolute Gasteiger partial charge is 0.469 e. The fraction of sp³-hybridized carbons (Fsp3) is 0.292. The van der Waals surface area contributed by atoms with E-state index in [2.05, 4.69) is 10.6 Å². The highest BCUT2D eigenvalue weighted by Gasteiger charge is 2.40. The van der Waals surface area contributed by atoms with Gasteiger partial charge in [0.05, 0.1) is 31.4 Å². The Morgan fingerprint density at radius 2 is 1.94 bits per heavy atom. The second-order valence-corrected chi connectivity index (χ2v) is 7.85. The molecule has 0 spiro atoms. The van der Waals surface area contributed by atoms with Gasteiger partial charge in [0.1, 0.15) is 5.84 Å². The van der Waals surface area contributed by atoms with Crippen molar-refractivity contribution >= 4 is 40.9 Å². The van der Waals surface area contributed by atoms with Gasteiger partial charge in [-0.1, -0.05) is 12.1 Å². The molecule has 1 fully saturated rings. The van der Waals surface area contributed by atoms with Crippen LogP contribution in [0.15, 0.2) is 42.5 Å². The highest BCUT2D eigenvalue weighted by molar-refractivity contribution is 6.09. The average molecular weight is 498 g/mol.